The van der Waals surface area contributed by atoms with E-state index in [1.165, 1.54) is 18.2 Å². The number of piperidine rings is 1. The van der Waals surface area contributed by atoms with Gasteiger partial charge < -0.3 is 10.2 Å². The molecule has 8 heteroatoms. The summed E-state index contributed by atoms with van der Waals surface area (Å²) in [6, 6.07) is 14.6. The molecule has 31 heavy (non-hydrogen) atoms. The van der Waals surface area contributed by atoms with Crippen molar-refractivity contribution in [1.29, 1.82) is 0 Å². The zero-order chi connectivity index (χ0) is 22.4. The molecule has 2 amide bonds. The molecule has 1 saturated heterocycles. The molecule has 0 bridgehead atoms. The number of likely N-dealkylation sites (tertiary alicyclic amines) is 1. The van der Waals surface area contributed by atoms with Crippen LogP contribution in [0.15, 0.2) is 59.5 Å². The molecule has 3 rings (SSSR count). The van der Waals surface area contributed by atoms with Crippen molar-refractivity contribution >= 4 is 27.5 Å². The first kappa shape index (κ1) is 22.8. The van der Waals surface area contributed by atoms with Gasteiger partial charge >= 0.3 is 0 Å². The largest absolute Gasteiger partial charge is 0.353 e. The zero-order valence-corrected chi connectivity index (χ0v) is 18.7. The third-order valence-corrected chi connectivity index (χ3v) is 6.89. The molecule has 2 aromatic carbocycles. The molecule has 2 unspecified atom stereocenters. The highest BCUT2D eigenvalue weighted by molar-refractivity contribution is 7.92. The van der Waals surface area contributed by atoms with Crippen LogP contribution < -0.4 is 10.0 Å². The molecule has 2 aromatic rings. The standard InChI is InChI=1S/C23H29N3O4S/c1-3-17(2)24-22(27)19-10-8-14-26(16-19)23(28)18-9-7-11-20(15-18)25-31(29,30)21-12-5-4-6-13-21/h4-7,9,11-13,15,17,19,25H,3,8,10,14,16H2,1-2H3,(H,24,27). The predicted molar refractivity (Wildman–Crippen MR) is 120 cm³/mol. The monoisotopic (exact) mass is 443 g/mol. The minimum Gasteiger partial charge on any atom is -0.353 e. The molecule has 0 aromatic heterocycles. The van der Waals surface area contributed by atoms with E-state index in [0.29, 0.717) is 24.3 Å². The van der Waals surface area contributed by atoms with Crippen LogP contribution >= 0.6 is 0 Å². The number of nitrogens with one attached hydrogen (secondary N) is 2. The highest BCUT2D eigenvalue weighted by Crippen LogP contribution is 2.22. The number of sulfonamides is 1. The van der Waals surface area contributed by atoms with Gasteiger partial charge in [-0.3, -0.25) is 14.3 Å². The molecule has 1 heterocycles. The third kappa shape index (κ3) is 5.85. The lowest BCUT2D eigenvalue weighted by Crippen LogP contribution is -2.47. The lowest BCUT2D eigenvalue weighted by Gasteiger charge is -2.32. The number of carbonyl (C=O) groups is 2. The second-order valence-corrected chi connectivity index (χ2v) is 9.59. The summed E-state index contributed by atoms with van der Waals surface area (Å²) in [5.41, 5.74) is 0.703. The van der Waals surface area contributed by atoms with Crippen LogP contribution in [-0.4, -0.2) is 44.3 Å². The first-order chi connectivity index (χ1) is 14.8. The summed E-state index contributed by atoms with van der Waals surface area (Å²) < 4.78 is 27.7. The maximum absolute atomic E-state index is 13.1. The average Bonchev–Trinajstić information content (AvgIpc) is 2.79. The van der Waals surface area contributed by atoms with E-state index >= 15 is 0 Å². The minimum atomic E-state index is -3.74. The number of anilines is 1. The fraction of sp³-hybridized carbons (Fsp3) is 0.391. The van der Waals surface area contributed by atoms with E-state index in [9.17, 15) is 18.0 Å². The Kier molecular flexibility index (Phi) is 7.33. The van der Waals surface area contributed by atoms with E-state index in [4.69, 9.17) is 0 Å². The molecule has 7 nitrogen and oxygen atoms in total. The number of hydrogen-bond donors (Lipinski definition) is 2. The quantitative estimate of drug-likeness (QED) is 0.687. The second-order valence-electron chi connectivity index (χ2n) is 7.91. The molecule has 1 fully saturated rings. The highest BCUT2D eigenvalue weighted by atomic mass is 32.2. The van der Waals surface area contributed by atoms with Gasteiger partial charge in [0.2, 0.25) is 5.91 Å². The Labute approximate surface area is 183 Å². The van der Waals surface area contributed by atoms with Crippen molar-refractivity contribution in [3.05, 3.63) is 60.2 Å². The molecule has 1 aliphatic rings. The van der Waals surface area contributed by atoms with Gasteiger partial charge in [0.25, 0.3) is 15.9 Å². The Bertz CT molecular complexity index is 1020. The van der Waals surface area contributed by atoms with Gasteiger partial charge in [0.05, 0.1) is 10.8 Å². The van der Waals surface area contributed by atoms with E-state index in [0.717, 1.165) is 19.3 Å². The van der Waals surface area contributed by atoms with Crippen molar-refractivity contribution in [3.8, 4) is 0 Å². The number of hydrogen-bond acceptors (Lipinski definition) is 4. The van der Waals surface area contributed by atoms with E-state index in [1.54, 1.807) is 41.3 Å². The molecular weight excluding hydrogens is 414 g/mol. The summed E-state index contributed by atoms with van der Waals surface area (Å²) in [5.74, 6) is -0.454. The van der Waals surface area contributed by atoms with Gasteiger partial charge in [-0.15, -0.1) is 0 Å². The topological polar surface area (TPSA) is 95.6 Å². The number of carbonyl (C=O) groups excluding carboxylic acids is 2. The molecular formula is C23H29N3O4S. The number of rotatable bonds is 7. The second kappa shape index (κ2) is 9.96. The molecule has 166 valence electrons. The fourth-order valence-electron chi connectivity index (χ4n) is 3.55. The highest BCUT2D eigenvalue weighted by Gasteiger charge is 2.29. The number of nitrogens with zero attached hydrogens (tertiary/aromatic N) is 1. The first-order valence-corrected chi connectivity index (χ1v) is 12.1. The van der Waals surface area contributed by atoms with E-state index in [1.807, 2.05) is 13.8 Å². The summed E-state index contributed by atoms with van der Waals surface area (Å²) in [4.78, 5) is 27.4. The van der Waals surface area contributed by atoms with Crippen LogP contribution in [0.5, 0.6) is 0 Å². The van der Waals surface area contributed by atoms with E-state index < -0.39 is 10.0 Å². The molecule has 0 spiro atoms. The van der Waals surface area contributed by atoms with Crippen LogP contribution in [0.4, 0.5) is 5.69 Å². The summed E-state index contributed by atoms with van der Waals surface area (Å²) in [6.07, 6.45) is 2.36. The molecule has 0 aliphatic carbocycles. The van der Waals surface area contributed by atoms with Crippen molar-refractivity contribution in [2.75, 3.05) is 17.8 Å². The van der Waals surface area contributed by atoms with Crippen molar-refractivity contribution in [1.82, 2.24) is 10.2 Å². The molecule has 2 N–H and O–H groups in total. The van der Waals surface area contributed by atoms with E-state index in [2.05, 4.69) is 10.0 Å². The van der Waals surface area contributed by atoms with Gasteiger partial charge in [-0.2, -0.15) is 0 Å². The zero-order valence-electron chi connectivity index (χ0n) is 17.9. The van der Waals surface area contributed by atoms with Crippen LogP contribution in [0.2, 0.25) is 0 Å². The Morgan fingerprint density at radius 3 is 2.58 bits per heavy atom. The van der Waals surface area contributed by atoms with Crippen molar-refractivity contribution < 1.29 is 18.0 Å². The minimum absolute atomic E-state index is 0.0174. The van der Waals surface area contributed by atoms with Gasteiger partial charge in [0.1, 0.15) is 0 Å². The molecule has 2 atom stereocenters. The van der Waals surface area contributed by atoms with Crippen molar-refractivity contribution in [3.63, 3.8) is 0 Å². The summed E-state index contributed by atoms with van der Waals surface area (Å²) in [7, 11) is -3.74. The first-order valence-electron chi connectivity index (χ1n) is 10.6. The lowest BCUT2D eigenvalue weighted by atomic mass is 9.96. The van der Waals surface area contributed by atoms with Gasteiger partial charge in [-0.1, -0.05) is 31.2 Å². The number of amides is 2. The Morgan fingerprint density at radius 1 is 1.13 bits per heavy atom. The van der Waals surface area contributed by atoms with Gasteiger partial charge in [-0.05, 0) is 56.5 Å². The third-order valence-electron chi connectivity index (χ3n) is 5.50. The van der Waals surface area contributed by atoms with Crippen LogP contribution in [-0.2, 0) is 14.8 Å². The maximum atomic E-state index is 13.1. The van der Waals surface area contributed by atoms with E-state index in [-0.39, 0.29) is 28.7 Å². The van der Waals surface area contributed by atoms with Gasteiger partial charge in [0.15, 0.2) is 0 Å². The summed E-state index contributed by atoms with van der Waals surface area (Å²) >= 11 is 0. The smallest absolute Gasteiger partial charge is 0.261 e. The summed E-state index contributed by atoms with van der Waals surface area (Å²) in [6.45, 7) is 4.92. The SMILES string of the molecule is CCC(C)NC(=O)C1CCCN(C(=O)c2cccc(NS(=O)(=O)c3ccccc3)c2)C1. The Morgan fingerprint density at radius 2 is 1.87 bits per heavy atom. The van der Waals surface area contributed by atoms with Crippen molar-refractivity contribution in [2.24, 2.45) is 5.92 Å². The van der Waals surface area contributed by atoms with Crippen LogP contribution in [0.25, 0.3) is 0 Å². The average molecular weight is 444 g/mol. The van der Waals surface area contributed by atoms with Crippen LogP contribution in [0.1, 0.15) is 43.5 Å². The van der Waals surface area contributed by atoms with Crippen molar-refractivity contribution in [2.45, 2.75) is 44.0 Å². The normalized spacial score (nSPS) is 17.6. The summed E-state index contributed by atoms with van der Waals surface area (Å²) in [5, 5.41) is 3.00. The molecule has 0 radical (unpaired) electrons. The van der Waals surface area contributed by atoms with Crippen LogP contribution in [0, 0.1) is 5.92 Å². The predicted octanol–water partition coefficient (Wildman–Crippen LogP) is 3.25. The Balaban J connectivity index is 1.70. The van der Waals surface area contributed by atoms with Crippen LogP contribution in [0.3, 0.4) is 0 Å². The number of benzene rings is 2. The Hall–Kier alpha value is -2.87. The lowest BCUT2D eigenvalue weighted by molar-refractivity contribution is -0.126. The molecule has 1 aliphatic heterocycles. The maximum Gasteiger partial charge on any atom is 0.261 e. The fourth-order valence-corrected chi connectivity index (χ4v) is 4.62. The molecule has 0 saturated carbocycles. The van der Waals surface area contributed by atoms with Gasteiger partial charge in [-0.25, -0.2) is 8.42 Å². The van der Waals surface area contributed by atoms with Gasteiger partial charge in [0, 0.05) is 30.4 Å².